The zero-order chi connectivity index (χ0) is 14.1. The van der Waals surface area contributed by atoms with Gasteiger partial charge in [-0.25, -0.2) is 15.0 Å². The van der Waals surface area contributed by atoms with Gasteiger partial charge >= 0.3 is 0 Å². The van der Waals surface area contributed by atoms with Crippen LogP contribution in [-0.2, 0) is 6.42 Å². The quantitative estimate of drug-likeness (QED) is 0.532. The summed E-state index contributed by atoms with van der Waals surface area (Å²) in [5.41, 5.74) is 2.17. The lowest BCUT2D eigenvalue weighted by Gasteiger charge is -2.13. The van der Waals surface area contributed by atoms with Crippen molar-refractivity contribution in [3.63, 3.8) is 0 Å². The van der Waals surface area contributed by atoms with Crippen molar-refractivity contribution in [2.24, 2.45) is 0 Å². The van der Waals surface area contributed by atoms with Gasteiger partial charge in [0.15, 0.2) is 0 Å². The van der Waals surface area contributed by atoms with Gasteiger partial charge in [0.1, 0.15) is 11.0 Å². The van der Waals surface area contributed by atoms with Crippen LogP contribution in [0.1, 0.15) is 53.8 Å². The minimum atomic E-state index is 0.554. The molecule has 3 rings (SSSR count). The van der Waals surface area contributed by atoms with Gasteiger partial charge in [0.05, 0.1) is 26.4 Å². The summed E-state index contributed by atoms with van der Waals surface area (Å²) in [4.78, 5) is 13.7. The number of rotatable bonds is 3. The molecule has 0 aromatic carbocycles. The summed E-state index contributed by atoms with van der Waals surface area (Å²) in [5, 5.41) is 3.73. The number of nitrogens with zero attached hydrogens (tertiary/aromatic N) is 3. The van der Waals surface area contributed by atoms with E-state index in [1.165, 1.54) is 25.7 Å². The molecule has 1 aliphatic carbocycles. The summed E-state index contributed by atoms with van der Waals surface area (Å²) in [7, 11) is 0. The van der Waals surface area contributed by atoms with Crippen LogP contribution in [0.5, 0.6) is 0 Å². The maximum atomic E-state index is 6.29. The van der Waals surface area contributed by atoms with E-state index in [2.05, 4.69) is 37.9 Å². The standard InChI is InChI=1S/C14H15ClIN3S/c1-8-17-10(7-20-8)6-11-18-13(9-4-2-3-5-9)12(16)14(15)19-11/h7,9H,2-6H2,1H3. The van der Waals surface area contributed by atoms with Crippen molar-refractivity contribution >= 4 is 45.5 Å². The van der Waals surface area contributed by atoms with Crippen molar-refractivity contribution < 1.29 is 0 Å². The summed E-state index contributed by atoms with van der Waals surface area (Å²) >= 11 is 10.2. The summed E-state index contributed by atoms with van der Waals surface area (Å²) < 4.78 is 1.02. The fraction of sp³-hybridized carbons (Fsp3) is 0.500. The highest BCUT2D eigenvalue weighted by atomic mass is 127. The molecule has 2 aromatic rings. The third-order valence-electron chi connectivity index (χ3n) is 3.63. The second kappa shape index (κ2) is 6.23. The molecule has 0 spiro atoms. The van der Waals surface area contributed by atoms with Crippen molar-refractivity contribution in [3.8, 4) is 0 Å². The molecule has 0 unspecified atom stereocenters. The molecule has 2 heterocycles. The van der Waals surface area contributed by atoms with E-state index in [9.17, 15) is 0 Å². The van der Waals surface area contributed by atoms with Gasteiger partial charge in [-0.1, -0.05) is 24.4 Å². The molecule has 0 N–H and O–H groups in total. The number of thiazole rings is 1. The molecule has 0 atom stereocenters. The van der Waals surface area contributed by atoms with Gasteiger partial charge in [-0.3, -0.25) is 0 Å². The van der Waals surface area contributed by atoms with Gasteiger partial charge in [0.25, 0.3) is 0 Å². The molecular weight excluding hydrogens is 405 g/mol. The van der Waals surface area contributed by atoms with Gasteiger partial charge in [-0.05, 0) is 42.4 Å². The Kier molecular flexibility index (Phi) is 4.57. The lowest BCUT2D eigenvalue weighted by Crippen LogP contribution is -2.07. The highest BCUT2D eigenvalue weighted by Crippen LogP contribution is 2.36. The first-order chi connectivity index (χ1) is 9.63. The van der Waals surface area contributed by atoms with Crippen LogP contribution in [0, 0.1) is 10.5 Å². The molecule has 0 amide bonds. The fourth-order valence-electron chi connectivity index (χ4n) is 2.68. The van der Waals surface area contributed by atoms with Gasteiger partial charge in [0, 0.05) is 11.3 Å². The van der Waals surface area contributed by atoms with Crippen molar-refractivity contribution in [1.82, 2.24) is 15.0 Å². The molecule has 1 aliphatic rings. The summed E-state index contributed by atoms with van der Waals surface area (Å²) in [6.45, 7) is 2.01. The second-order valence-corrected chi connectivity index (χ2v) is 7.64. The van der Waals surface area contributed by atoms with Gasteiger partial charge in [0.2, 0.25) is 0 Å². The molecule has 0 saturated heterocycles. The van der Waals surface area contributed by atoms with Crippen molar-refractivity contribution in [2.45, 2.75) is 44.9 Å². The Bertz CT molecular complexity index is 623. The van der Waals surface area contributed by atoms with Gasteiger partial charge < -0.3 is 0 Å². The lowest BCUT2D eigenvalue weighted by atomic mass is 10.0. The van der Waals surface area contributed by atoms with E-state index in [1.54, 1.807) is 11.3 Å². The van der Waals surface area contributed by atoms with Crippen LogP contribution >= 0.6 is 45.5 Å². The zero-order valence-corrected chi connectivity index (χ0v) is 14.9. The molecule has 106 valence electrons. The van der Waals surface area contributed by atoms with E-state index in [1.807, 2.05) is 6.92 Å². The second-order valence-electron chi connectivity index (χ2n) is 5.15. The largest absolute Gasteiger partial charge is 0.246 e. The van der Waals surface area contributed by atoms with Crippen LogP contribution < -0.4 is 0 Å². The monoisotopic (exact) mass is 419 g/mol. The minimum absolute atomic E-state index is 0.554. The Labute approximate surface area is 141 Å². The lowest BCUT2D eigenvalue weighted by molar-refractivity contribution is 0.680. The van der Waals surface area contributed by atoms with E-state index in [-0.39, 0.29) is 0 Å². The molecule has 3 nitrogen and oxygen atoms in total. The first-order valence-corrected chi connectivity index (χ1v) is 9.10. The summed E-state index contributed by atoms with van der Waals surface area (Å²) in [6.07, 6.45) is 5.70. The number of aryl methyl sites for hydroxylation is 1. The molecular formula is C14H15ClIN3S. The molecule has 1 fully saturated rings. The first kappa shape index (κ1) is 14.7. The smallest absolute Gasteiger partial charge is 0.146 e. The zero-order valence-electron chi connectivity index (χ0n) is 11.2. The Morgan fingerprint density at radius 1 is 1.30 bits per heavy atom. The van der Waals surface area contributed by atoms with E-state index < -0.39 is 0 Å². The number of hydrogen-bond acceptors (Lipinski definition) is 4. The van der Waals surface area contributed by atoms with Crippen LogP contribution in [-0.4, -0.2) is 15.0 Å². The molecule has 0 radical (unpaired) electrons. The summed E-state index contributed by atoms with van der Waals surface area (Å²) in [6, 6.07) is 0. The minimum Gasteiger partial charge on any atom is -0.246 e. The van der Waals surface area contributed by atoms with Crippen LogP contribution in [0.25, 0.3) is 0 Å². The maximum Gasteiger partial charge on any atom is 0.146 e. The van der Waals surface area contributed by atoms with E-state index in [0.29, 0.717) is 17.5 Å². The predicted molar refractivity (Wildman–Crippen MR) is 90.6 cm³/mol. The molecule has 20 heavy (non-hydrogen) atoms. The first-order valence-electron chi connectivity index (χ1n) is 6.76. The molecule has 0 bridgehead atoms. The van der Waals surface area contributed by atoms with Crippen molar-refractivity contribution in [3.05, 3.63) is 36.3 Å². The van der Waals surface area contributed by atoms with Gasteiger partial charge in [-0.2, -0.15) is 0 Å². The Morgan fingerprint density at radius 3 is 2.70 bits per heavy atom. The Hall–Kier alpha value is -0.270. The maximum absolute atomic E-state index is 6.29. The van der Waals surface area contributed by atoms with E-state index in [0.717, 1.165) is 25.8 Å². The third kappa shape index (κ3) is 3.14. The SMILES string of the molecule is Cc1nc(Cc2nc(Cl)c(I)c(C3CCCC3)n2)cs1. The number of aromatic nitrogens is 3. The van der Waals surface area contributed by atoms with Crippen LogP contribution in [0.4, 0.5) is 0 Å². The Balaban J connectivity index is 1.91. The van der Waals surface area contributed by atoms with Crippen molar-refractivity contribution in [2.75, 3.05) is 0 Å². The van der Waals surface area contributed by atoms with Crippen LogP contribution in [0.2, 0.25) is 5.15 Å². The molecule has 0 aliphatic heterocycles. The van der Waals surface area contributed by atoms with E-state index >= 15 is 0 Å². The van der Waals surface area contributed by atoms with Crippen molar-refractivity contribution in [1.29, 1.82) is 0 Å². The van der Waals surface area contributed by atoms with E-state index in [4.69, 9.17) is 16.6 Å². The summed E-state index contributed by atoms with van der Waals surface area (Å²) in [5.74, 6) is 1.35. The predicted octanol–water partition coefficient (Wildman–Crippen LogP) is 4.75. The topological polar surface area (TPSA) is 38.7 Å². The highest BCUT2D eigenvalue weighted by molar-refractivity contribution is 14.1. The third-order valence-corrected chi connectivity index (χ3v) is 6.11. The van der Waals surface area contributed by atoms with Gasteiger partial charge in [-0.15, -0.1) is 11.3 Å². The molecule has 1 saturated carbocycles. The average Bonchev–Trinajstić information content (AvgIpc) is 3.05. The number of hydrogen-bond donors (Lipinski definition) is 0. The number of halogens is 2. The van der Waals surface area contributed by atoms with Crippen LogP contribution in [0.15, 0.2) is 5.38 Å². The molecule has 6 heteroatoms. The molecule has 2 aromatic heterocycles. The highest BCUT2D eigenvalue weighted by Gasteiger charge is 2.23. The average molecular weight is 420 g/mol. The Morgan fingerprint density at radius 2 is 2.05 bits per heavy atom. The normalized spacial score (nSPS) is 15.9. The van der Waals surface area contributed by atoms with Crippen LogP contribution in [0.3, 0.4) is 0 Å². The fourth-order valence-corrected chi connectivity index (χ4v) is 4.17.